The number of aliphatic hydroxyl groups is 1. The normalized spacial score (nSPS) is 12.6. The second-order valence-corrected chi connectivity index (χ2v) is 7.03. The molecule has 1 aromatic carbocycles. The highest BCUT2D eigenvalue weighted by Crippen LogP contribution is 2.12. The average molecular weight is 442 g/mol. The third kappa shape index (κ3) is 16.3. The quantitative estimate of drug-likeness (QED) is 0.483. The molecule has 1 amide bonds. The van der Waals surface area contributed by atoms with Crippen molar-refractivity contribution in [3.05, 3.63) is 35.9 Å². The van der Waals surface area contributed by atoms with Gasteiger partial charge in [0.1, 0.15) is 12.6 Å². The van der Waals surface area contributed by atoms with Crippen LogP contribution in [0.2, 0.25) is 0 Å². The third-order valence-corrected chi connectivity index (χ3v) is 4.40. The number of carbonyl (C=O) groups is 2. The Morgan fingerprint density at radius 3 is 2.06 bits per heavy atom. The summed E-state index contributed by atoms with van der Waals surface area (Å²) in [5.41, 5.74) is 0.892. The molecular weight excluding hydrogens is 398 g/mol. The number of amides is 1. The van der Waals surface area contributed by atoms with E-state index in [1.165, 1.54) is 20.0 Å². The maximum Gasteiger partial charge on any atom is 0.408 e. The molecule has 0 spiro atoms. The van der Waals surface area contributed by atoms with E-state index in [0.29, 0.717) is 6.10 Å². The van der Waals surface area contributed by atoms with Crippen molar-refractivity contribution in [1.29, 1.82) is 0 Å². The fourth-order valence-electron chi connectivity index (χ4n) is 2.85. The summed E-state index contributed by atoms with van der Waals surface area (Å²) in [6.45, 7) is 11.3. The monoisotopic (exact) mass is 441 g/mol. The van der Waals surface area contributed by atoms with Crippen molar-refractivity contribution >= 4 is 12.1 Å². The van der Waals surface area contributed by atoms with Crippen LogP contribution in [-0.2, 0) is 25.6 Å². The second-order valence-electron chi connectivity index (χ2n) is 7.03. The Labute approximate surface area is 188 Å². The number of hydrogen-bond acceptors (Lipinski definition) is 6. The van der Waals surface area contributed by atoms with Crippen LogP contribution in [0.4, 0.5) is 4.79 Å². The lowest BCUT2D eigenvalue weighted by Gasteiger charge is -2.22. The molecule has 0 aliphatic carbocycles. The minimum Gasteiger partial charge on any atom is -0.467 e. The van der Waals surface area contributed by atoms with Crippen LogP contribution < -0.4 is 5.32 Å². The van der Waals surface area contributed by atoms with E-state index in [4.69, 9.17) is 19.3 Å². The first kappa shape index (κ1) is 31.1. The highest BCUT2D eigenvalue weighted by Gasteiger charge is 2.27. The van der Waals surface area contributed by atoms with Crippen molar-refractivity contribution in [2.24, 2.45) is 5.92 Å². The fraction of sp³-hybridized carbons (Fsp3) is 0.667. The maximum absolute atomic E-state index is 11.8. The molecule has 0 fully saturated rings. The van der Waals surface area contributed by atoms with E-state index < -0.39 is 18.1 Å². The topological polar surface area (TPSA) is 94.1 Å². The number of rotatable bonds is 11. The summed E-state index contributed by atoms with van der Waals surface area (Å²) in [5, 5.41) is 9.59. The molecule has 0 radical (unpaired) electrons. The van der Waals surface area contributed by atoms with Crippen molar-refractivity contribution in [3.63, 3.8) is 0 Å². The van der Waals surface area contributed by atoms with Crippen molar-refractivity contribution in [3.8, 4) is 0 Å². The maximum atomic E-state index is 11.8. The van der Waals surface area contributed by atoms with Crippen LogP contribution in [0.25, 0.3) is 0 Å². The largest absolute Gasteiger partial charge is 0.467 e. The molecule has 180 valence electrons. The number of hydrogen-bond donors (Lipinski definition) is 2. The molecule has 0 saturated heterocycles. The zero-order valence-corrected chi connectivity index (χ0v) is 20.3. The Hall–Kier alpha value is -2.12. The standard InChI is InChI=1S/C16H23NO4.C7H16O.CH4O/c1-4-8-12(2)14(15(18)20-3)17-16(19)21-11-13-9-6-5-7-10-13;1-4-6-7(3)8-5-2;1-2/h5-7,9-10,12,14H,4,8,11H2,1-3H3,(H,17,19);7H,4-6H2,1-3H3;2H,1H3. The Kier molecular flexibility index (Phi) is 21.2. The predicted molar refractivity (Wildman–Crippen MR) is 124 cm³/mol. The summed E-state index contributed by atoms with van der Waals surface area (Å²) < 4.78 is 15.1. The van der Waals surface area contributed by atoms with Crippen LogP contribution in [0, 0.1) is 5.92 Å². The lowest BCUT2D eigenvalue weighted by molar-refractivity contribution is -0.144. The van der Waals surface area contributed by atoms with Crippen LogP contribution in [-0.4, -0.2) is 50.1 Å². The molecule has 1 rings (SSSR count). The van der Waals surface area contributed by atoms with E-state index in [-0.39, 0.29) is 12.5 Å². The van der Waals surface area contributed by atoms with Gasteiger partial charge >= 0.3 is 12.1 Å². The lowest BCUT2D eigenvalue weighted by Crippen LogP contribution is -2.46. The number of alkyl carbamates (subject to hydrolysis) is 1. The number of ether oxygens (including phenoxy) is 3. The molecule has 0 aromatic heterocycles. The molecule has 7 nitrogen and oxygen atoms in total. The SMILES string of the molecule is CCCC(C)C(NC(=O)OCc1ccccc1)C(=O)OC.CCCC(C)OCC.CO. The minimum atomic E-state index is -0.682. The molecule has 7 heteroatoms. The number of esters is 1. The van der Waals surface area contributed by atoms with Crippen molar-refractivity contribution in [1.82, 2.24) is 5.32 Å². The van der Waals surface area contributed by atoms with Crippen LogP contribution in [0.3, 0.4) is 0 Å². The van der Waals surface area contributed by atoms with Gasteiger partial charge in [-0.05, 0) is 38.2 Å². The third-order valence-electron chi connectivity index (χ3n) is 4.40. The number of nitrogens with one attached hydrogen (secondary N) is 1. The first-order valence-electron chi connectivity index (χ1n) is 11.0. The Bertz CT molecular complexity index is 546. The fourth-order valence-corrected chi connectivity index (χ4v) is 2.85. The highest BCUT2D eigenvalue weighted by molar-refractivity contribution is 5.81. The van der Waals surface area contributed by atoms with Gasteiger partial charge < -0.3 is 24.6 Å². The number of methoxy groups -OCH3 is 1. The van der Waals surface area contributed by atoms with Gasteiger partial charge in [0.25, 0.3) is 0 Å². The van der Waals surface area contributed by atoms with Gasteiger partial charge in [-0.15, -0.1) is 0 Å². The molecule has 1 aromatic rings. The van der Waals surface area contributed by atoms with Gasteiger partial charge in [0, 0.05) is 13.7 Å². The Balaban J connectivity index is 0. The van der Waals surface area contributed by atoms with Gasteiger partial charge in [0.05, 0.1) is 13.2 Å². The molecule has 0 heterocycles. The average Bonchev–Trinajstić information content (AvgIpc) is 2.78. The summed E-state index contributed by atoms with van der Waals surface area (Å²) in [4.78, 5) is 23.6. The van der Waals surface area contributed by atoms with E-state index in [2.05, 4.69) is 19.2 Å². The summed E-state index contributed by atoms with van der Waals surface area (Å²) in [5.74, 6) is -0.459. The molecule has 3 unspecified atom stereocenters. The second kappa shape index (κ2) is 21.1. The zero-order valence-electron chi connectivity index (χ0n) is 20.3. The van der Waals surface area contributed by atoms with Gasteiger partial charge in [0.2, 0.25) is 0 Å². The predicted octanol–water partition coefficient (Wildman–Crippen LogP) is 4.71. The summed E-state index contributed by atoms with van der Waals surface area (Å²) in [6.07, 6.45) is 4.01. The number of aliphatic hydroxyl groups excluding tert-OH is 1. The Morgan fingerprint density at radius 2 is 1.58 bits per heavy atom. The van der Waals surface area contributed by atoms with Crippen LogP contribution >= 0.6 is 0 Å². The molecular formula is C24H43NO6. The molecule has 2 N–H and O–H groups in total. The summed E-state index contributed by atoms with van der Waals surface area (Å²) in [7, 11) is 2.31. The van der Waals surface area contributed by atoms with Gasteiger partial charge in [-0.2, -0.15) is 0 Å². The summed E-state index contributed by atoms with van der Waals surface area (Å²) >= 11 is 0. The summed E-state index contributed by atoms with van der Waals surface area (Å²) in [6, 6.07) is 8.69. The van der Waals surface area contributed by atoms with Crippen molar-refractivity contribution in [2.45, 2.75) is 79.1 Å². The van der Waals surface area contributed by atoms with Gasteiger partial charge in [-0.25, -0.2) is 9.59 Å². The van der Waals surface area contributed by atoms with Crippen LogP contribution in [0.5, 0.6) is 0 Å². The first-order chi connectivity index (χ1) is 14.9. The highest BCUT2D eigenvalue weighted by atomic mass is 16.6. The van der Waals surface area contributed by atoms with Gasteiger partial charge in [0.15, 0.2) is 0 Å². The number of carbonyl (C=O) groups excluding carboxylic acids is 2. The molecule has 3 atom stereocenters. The van der Waals surface area contributed by atoms with Crippen LogP contribution in [0.1, 0.15) is 65.9 Å². The molecule has 0 bridgehead atoms. The zero-order chi connectivity index (χ0) is 24.1. The van der Waals surface area contributed by atoms with Gasteiger partial charge in [-0.3, -0.25) is 0 Å². The van der Waals surface area contributed by atoms with E-state index in [9.17, 15) is 9.59 Å². The van der Waals surface area contributed by atoms with E-state index in [1.807, 2.05) is 51.1 Å². The molecule has 0 aliphatic rings. The van der Waals surface area contributed by atoms with E-state index >= 15 is 0 Å². The smallest absolute Gasteiger partial charge is 0.408 e. The minimum absolute atomic E-state index is 0.00766. The van der Waals surface area contributed by atoms with Crippen molar-refractivity contribution < 1.29 is 28.9 Å². The van der Waals surface area contributed by atoms with Crippen molar-refractivity contribution in [2.75, 3.05) is 20.8 Å². The first-order valence-corrected chi connectivity index (χ1v) is 11.0. The molecule has 0 aliphatic heterocycles. The van der Waals surface area contributed by atoms with Crippen LogP contribution in [0.15, 0.2) is 30.3 Å². The van der Waals surface area contributed by atoms with E-state index in [1.54, 1.807) is 0 Å². The molecule has 31 heavy (non-hydrogen) atoms. The lowest BCUT2D eigenvalue weighted by atomic mass is 9.97. The van der Waals surface area contributed by atoms with Gasteiger partial charge in [-0.1, -0.05) is 63.9 Å². The Morgan fingerprint density at radius 1 is 1.00 bits per heavy atom. The van der Waals surface area contributed by atoms with E-state index in [0.717, 1.165) is 32.1 Å². The molecule has 0 saturated carbocycles. The number of benzene rings is 1.